The summed E-state index contributed by atoms with van der Waals surface area (Å²) in [6, 6.07) is 29.4. The van der Waals surface area contributed by atoms with Gasteiger partial charge in [0.1, 0.15) is 5.75 Å². The maximum absolute atomic E-state index is 13.7. The van der Waals surface area contributed by atoms with Crippen molar-refractivity contribution in [1.82, 2.24) is 4.90 Å². The third-order valence-corrected chi connectivity index (χ3v) is 7.39. The Hall–Kier alpha value is -5.41. The molecule has 1 aliphatic heterocycles. The maximum Gasteiger partial charge on any atom is 0.338 e. The highest BCUT2D eigenvalue weighted by Gasteiger charge is 2.29. The Balaban J connectivity index is 1.50. The summed E-state index contributed by atoms with van der Waals surface area (Å²) in [6.45, 7) is 3.15. The molecule has 1 aliphatic rings. The van der Waals surface area contributed by atoms with Crippen LogP contribution in [0.3, 0.4) is 0 Å². The van der Waals surface area contributed by atoms with E-state index in [1.165, 1.54) is 0 Å². The molecule has 0 saturated heterocycles. The molecule has 0 aliphatic carbocycles. The van der Waals surface area contributed by atoms with Gasteiger partial charge in [0, 0.05) is 30.0 Å². The largest absolute Gasteiger partial charge is 0.496 e. The molecule has 0 radical (unpaired) electrons. The second kappa shape index (κ2) is 13.9. The Bertz CT molecular complexity index is 1730. The van der Waals surface area contributed by atoms with E-state index in [1.807, 2.05) is 85.7 Å². The lowest BCUT2D eigenvalue weighted by Crippen LogP contribution is -2.37. The summed E-state index contributed by atoms with van der Waals surface area (Å²) >= 11 is 0. The van der Waals surface area contributed by atoms with E-state index in [4.69, 9.17) is 9.47 Å². The van der Waals surface area contributed by atoms with Gasteiger partial charge in [-0.3, -0.25) is 9.59 Å². The maximum atomic E-state index is 13.7. The van der Waals surface area contributed by atoms with Crippen molar-refractivity contribution in [3.63, 3.8) is 0 Å². The number of anilines is 3. The number of nitrogens with zero attached hydrogens (tertiary/aromatic N) is 2. The van der Waals surface area contributed by atoms with Crippen LogP contribution in [0.2, 0.25) is 0 Å². The summed E-state index contributed by atoms with van der Waals surface area (Å²) in [5.41, 5.74) is 5.39. The zero-order valence-electron chi connectivity index (χ0n) is 25.8. The number of carbonyl (C=O) groups is 3. The van der Waals surface area contributed by atoms with E-state index in [0.29, 0.717) is 52.5 Å². The van der Waals surface area contributed by atoms with Crippen LogP contribution in [-0.4, -0.2) is 63.6 Å². The standard InChI is InChI=1S/C36H36N4O5/c1-5-45-36(43)25-15-20-28-30(23-25)38-34(41)32(28)33(24-11-7-6-8-12-24)37-26-16-18-27(19-17-26)40(22-21-39(2)3)35(42)29-13-9-10-14-31(29)44-4/h6-20,23,37H,5,21-22H2,1-4H3,(H,38,41)/b33-32+. The summed E-state index contributed by atoms with van der Waals surface area (Å²) in [5.74, 6) is -0.383. The number of para-hydroxylation sites is 1. The third-order valence-electron chi connectivity index (χ3n) is 7.39. The van der Waals surface area contributed by atoms with Crippen LogP contribution < -0.4 is 20.3 Å². The molecule has 0 fully saturated rings. The molecule has 1 heterocycles. The predicted molar refractivity (Wildman–Crippen MR) is 178 cm³/mol. The van der Waals surface area contributed by atoms with E-state index in [9.17, 15) is 14.4 Å². The lowest BCUT2D eigenvalue weighted by molar-refractivity contribution is -0.110. The molecule has 2 amide bonds. The first-order chi connectivity index (χ1) is 21.8. The first-order valence-electron chi connectivity index (χ1n) is 14.7. The number of fused-ring (bicyclic) bond motifs is 1. The Labute approximate surface area is 263 Å². The van der Waals surface area contributed by atoms with Crippen LogP contribution >= 0.6 is 0 Å². The highest BCUT2D eigenvalue weighted by Crippen LogP contribution is 2.38. The Morgan fingerprint density at radius 1 is 0.844 bits per heavy atom. The summed E-state index contributed by atoms with van der Waals surface area (Å²) in [6.07, 6.45) is 0. The Kier molecular flexibility index (Phi) is 9.60. The van der Waals surface area contributed by atoms with Gasteiger partial charge in [0.15, 0.2) is 0 Å². The second-order valence-corrected chi connectivity index (χ2v) is 10.7. The van der Waals surface area contributed by atoms with Crippen LogP contribution in [-0.2, 0) is 9.53 Å². The van der Waals surface area contributed by atoms with Gasteiger partial charge in [0.05, 0.1) is 41.8 Å². The van der Waals surface area contributed by atoms with Gasteiger partial charge in [0.25, 0.3) is 11.8 Å². The van der Waals surface area contributed by atoms with Crippen molar-refractivity contribution in [2.75, 3.05) is 56.4 Å². The molecule has 9 heteroatoms. The van der Waals surface area contributed by atoms with Gasteiger partial charge < -0.3 is 29.9 Å². The van der Waals surface area contributed by atoms with Crippen LogP contribution in [0.25, 0.3) is 11.3 Å². The van der Waals surface area contributed by atoms with E-state index in [2.05, 4.69) is 10.6 Å². The van der Waals surface area contributed by atoms with Crippen LogP contribution in [0.4, 0.5) is 17.1 Å². The second-order valence-electron chi connectivity index (χ2n) is 10.7. The lowest BCUT2D eigenvalue weighted by atomic mass is 9.99. The minimum atomic E-state index is -0.447. The van der Waals surface area contributed by atoms with Gasteiger partial charge >= 0.3 is 5.97 Å². The molecule has 0 atom stereocenters. The smallest absolute Gasteiger partial charge is 0.338 e. The van der Waals surface area contributed by atoms with Crippen LogP contribution in [0.5, 0.6) is 5.75 Å². The summed E-state index contributed by atoms with van der Waals surface area (Å²) in [5, 5.41) is 6.36. The minimum Gasteiger partial charge on any atom is -0.496 e. The average Bonchev–Trinajstić information content (AvgIpc) is 3.39. The number of hydrogen-bond acceptors (Lipinski definition) is 7. The molecule has 0 saturated carbocycles. The van der Waals surface area contributed by atoms with Crippen molar-refractivity contribution in [3.8, 4) is 5.75 Å². The molecular weight excluding hydrogens is 568 g/mol. The number of benzene rings is 4. The number of amides is 2. The Morgan fingerprint density at radius 2 is 1.56 bits per heavy atom. The predicted octanol–water partition coefficient (Wildman–Crippen LogP) is 6.01. The van der Waals surface area contributed by atoms with Crippen LogP contribution in [0.15, 0.2) is 97.1 Å². The van der Waals surface area contributed by atoms with E-state index < -0.39 is 5.97 Å². The summed E-state index contributed by atoms with van der Waals surface area (Å²) in [7, 11) is 5.48. The lowest BCUT2D eigenvalue weighted by Gasteiger charge is -2.26. The van der Waals surface area contributed by atoms with Gasteiger partial charge in [-0.1, -0.05) is 48.5 Å². The minimum absolute atomic E-state index is 0.163. The fraction of sp³-hybridized carbons (Fsp3) is 0.194. The van der Waals surface area contributed by atoms with Gasteiger partial charge in [0.2, 0.25) is 0 Å². The molecular formula is C36H36N4O5. The Morgan fingerprint density at radius 3 is 2.24 bits per heavy atom. The molecule has 230 valence electrons. The number of ether oxygens (including phenoxy) is 2. The molecule has 0 bridgehead atoms. The number of nitrogens with one attached hydrogen (secondary N) is 2. The van der Waals surface area contributed by atoms with Crippen LogP contribution in [0, 0.1) is 0 Å². The van der Waals surface area contributed by atoms with E-state index >= 15 is 0 Å². The van der Waals surface area contributed by atoms with E-state index in [0.717, 1.165) is 16.9 Å². The molecule has 0 unspecified atom stereocenters. The normalized spacial score (nSPS) is 13.1. The SMILES string of the molecule is CCOC(=O)c1ccc2c(c1)NC(=O)/C2=C(/Nc1ccc(N(CCN(C)C)C(=O)c2ccccc2OC)cc1)c1ccccc1. The molecule has 2 N–H and O–H groups in total. The molecule has 0 aromatic heterocycles. The van der Waals surface area contributed by atoms with Crippen molar-refractivity contribution < 1.29 is 23.9 Å². The van der Waals surface area contributed by atoms with Crippen LogP contribution in [0.1, 0.15) is 38.8 Å². The molecule has 45 heavy (non-hydrogen) atoms. The van der Waals surface area contributed by atoms with Gasteiger partial charge in [-0.2, -0.15) is 0 Å². The molecule has 4 aromatic carbocycles. The van der Waals surface area contributed by atoms with Gasteiger partial charge in [-0.05, 0) is 75.1 Å². The summed E-state index contributed by atoms with van der Waals surface area (Å²) < 4.78 is 10.6. The van der Waals surface area contributed by atoms with Crippen molar-refractivity contribution >= 4 is 46.1 Å². The fourth-order valence-electron chi connectivity index (χ4n) is 5.13. The topological polar surface area (TPSA) is 100 Å². The number of esters is 1. The average molecular weight is 605 g/mol. The molecule has 0 spiro atoms. The monoisotopic (exact) mass is 604 g/mol. The highest BCUT2D eigenvalue weighted by molar-refractivity contribution is 6.37. The molecule has 4 aromatic rings. The van der Waals surface area contributed by atoms with E-state index in [-0.39, 0.29) is 18.4 Å². The quantitative estimate of drug-likeness (QED) is 0.160. The zero-order chi connectivity index (χ0) is 31.9. The zero-order valence-corrected chi connectivity index (χ0v) is 25.8. The first kappa shape index (κ1) is 31.0. The summed E-state index contributed by atoms with van der Waals surface area (Å²) in [4.78, 5) is 43.2. The number of rotatable bonds is 11. The van der Waals surface area contributed by atoms with E-state index in [1.54, 1.807) is 49.3 Å². The van der Waals surface area contributed by atoms with Crippen molar-refractivity contribution in [3.05, 3.63) is 119 Å². The highest BCUT2D eigenvalue weighted by atomic mass is 16.5. The fourth-order valence-corrected chi connectivity index (χ4v) is 5.13. The first-order valence-corrected chi connectivity index (χ1v) is 14.7. The number of likely N-dealkylation sites (N-methyl/N-ethyl adjacent to an activating group) is 1. The molecule has 9 nitrogen and oxygen atoms in total. The van der Waals surface area contributed by atoms with Crippen molar-refractivity contribution in [2.24, 2.45) is 0 Å². The van der Waals surface area contributed by atoms with Crippen molar-refractivity contribution in [2.45, 2.75) is 6.92 Å². The number of hydrogen-bond donors (Lipinski definition) is 2. The van der Waals surface area contributed by atoms with Gasteiger partial charge in [-0.25, -0.2) is 4.79 Å². The van der Waals surface area contributed by atoms with Gasteiger partial charge in [-0.15, -0.1) is 0 Å². The molecule has 5 rings (SSSR count). The third kappa shape index (κ3) is 6.89. The number of methoxy groups -OCH3 is 1. The van der Waals surface area contributed by atoms with Crippen molar-refractivity contribution in [1.29, 1.82) is 0 Å². The number of carbonyl (C=O) groups excluding carboxylic acids is 3.